The number of hydrogen-bond donors (Lipinski definition) is 10. The minimum atomic E-state index is -2.30. The Hall–Kier alpha value is -6.00. The summed E-state index contributed by atoms with van der Waals surface area (Å²) in [5, 5.41) is 93.3. The fourth-order valence-corrected chi connectivity index (χ4v) is 14.1. The van der Waals surface area contributed by atoms with Crippen molar-refractivity contribution in [3.8, 4) is 34.5 Å². The average Bonchev–Trinajstić information content (AvgIpc) is 3.42. The van der Waals surface area contributed by atoms with Crippen LogP contribution in [0.1, 0.15) is 138 Å². The van der Waals surface area contributed by atoms with Crippen LogP contribution in [0.3, 0.4) is 0 Å². The third-order valence-electron chi connectivity index (χ3n) is 16.2. The second-order valence-electron chi connectivity index (χ2n) is 21.1. The van der Waals surface area contributed by atoms with E-state index in [1.165, 1.54) is 50.6 Å². The van der Waals surface area contributed by atoms with E-state index in [0.29, 0.717) is 0 Å². The molecular formula is C56H60N2O20S2. The number of benzene rings is 4. The molecule has 2 aliphatic heterocycles. The largest absolute Gasteiger partial charge is 0.507 e. The zero-order valence-electron chi connectivity index (χ0n) is 43.8. The maximum atomic E-state index is 14.2. The molecule has 22 nitrogen and oxygen atoms in total. The third-order valence-corrected chi connectivity index (χ3v) is 18.3. The highest BCUT2D eigenvalue weighted by molar-refractivity contribution is 8.03. The van der Waals surface area contributed by atoms with Gasteiger partial charge in [0, 0.05) is 95.5 Å². The fourth-order valence-electron chi connectivity index (χ4n) is 11.9. The van der Waals surface area contributed by atoms with Crippen molar-refractivity contribution in [2.24, 2.45) is 11.5 Å². The lowest BCUT2D eigenvalue weighted by Crippen LogP contribution is -2.53. The van der Waals surface area contributed by atoms with Gasteiger partial charge < -0.3 is 80.7 Å². The first kappa shape index (κ1) is 57.2. The molecule has 4 aromatic carbocycles. The molecule has 12 N–H and O–H groups in total. The number of hydrogen-bond acceptors (Lipinski definition) is 24. The van der Waals surface area contributed by atoms with Crippen molar-refractivity contribution in [2.75, 3.05) is 37.2 Å². The SMILES string of the molecule is COc1cccc2c1C(=O)c1c(O)c3c(c(O)c1C2=O)C[C@@](O)(C(=O)CSCCSCC(=O)[C@]1(O)Cc2c(O)c4c(c(O)c2[C@H](OC2CC(N)C(O)C(C)O2)C1)C(=O)c1c(OC)cccc1C4=O)C[C@@H]3OC1CC(N)C(O)C(C)O1. The summed E-state index contributed by atoms with van der Waals surface area (Å²) in [7, 11) is 2.61. The van der Waals surface area contributed by atoms with Crippen molar-refractivity contribution in [2.45, 2.75) is 125 Å². The number of ketones is 6. The highest BCUT2D eigenvalue weighted by atomic mass is 32.2. The Labute approximate surface area is 465 Å². The van der Waals surface area contributed by atoms with E-state index in [-0.39, 0.29) is 91.9 Å². The monoisotopic (exact) mass is 1140 g/mol. The summed E-state index contributed by atoms with van der Waals surface area (Å²) in [6.45, 7) is 3.12. The zero-order valence-corrected chi connectivity index (χ0v) is 45.4. The molecule has 0 aromatic heterocycles. The number of aliphatic hydroxyl groups excluding tert-OH is 2. The Morgan fingerprint density at radius 1 is 0.588 bits per heavy atom. The summed E-state index contributed by atoms with van der Waals surface area (Å²) in [5.41, 5.74) is 4.43. The first-order valence-electron chi connectivity index (χ1n) is 25.8. The van der Waals surface area contributed by atoms with Crippen molar-refractivity contribution >= 4 is 58.2 Å². The van der Waals surface area contributed by atoms with Gasteiger partial charge in [0.15, 0.2) is 35.7 Å². The van der Waals surface area contributed by atoms with Gasteiger partial charge in [0.25, 0.3) is 0 Å². The third kappa shape index (κ3) is 9.55. The molecule has 10 rings (SSSR count). The van der Waals surface area contributed by atoms with Crippen molar-refractivity contribution in [1.82, 2.24) is 0 Å². The van der Waals surface area contributed by atoms with Gasteiger partial charge in [-0.2, -0.15) is 23.5 Å². The molecule has 0 saturated carbocycles. The number of ether oxygens (including phenoxy) is 6. The van der Waals surface area contributed by atoms with Gasteiger partial charge in [0.05, 0.1) is 95.7 Å². The smallest absolute Gasteiger partial charge is 0.202 e. The van der Waals surface area contributed by atoms with Gasteiger partial charge >= 0.3 is 0 Å². The molecule has 0 spiro atoms. The fraction of sp³-hybridized carbons (Fsp3) is 0.464. The number of Topliss-reactive ketones (excluding diaryl/α,β-unsaturated/α-hetero) is 2. The maximum absolute atomic E-state index is 14.2. The predicted molar refractivity (Wildman–Crippen MR) is 284 cm³/mol. The number of aromatic hydroxyl groups is 4. The molecule has 2 heterocycles. The summed E-state index contributed by atoms with van der Waals surface area (Å²) in [5.74, 6) is -7.81. The number of carbonyl (C=O) groups is 6. The molecule has 0 amide bonds. The van der Waals surface area contributed by atoms with Gasteiger partial charge in [-0.1, -0.05) is 24.3 Å². The second-order valence-corrected chi connectivity index (χ2v) is 23.3. The number of fused-ring (bicyclic) bond motifs is 6. The Morgan fingerprint density at radius 2 is 0.950 bits per heavy atom. The van der Waals surface area contributed by atoms with Crippen LogP contribution in [0.4, 0.5) is 0 Å². The normalized spacial score (nSPS) is 29.6. The molecule has 8 unspecified atom stereocenters. The minimum Gasteiger partial charge on any atom is -0.507 e. The number of carbonyl (C=O) groups excluding carboxylic acids is 6. The van der Waals surface area contributed by atoms with E-state index < -0.39 is 178 Å². The molecule has 12 atom stereocenters. The van der Waals surface area contributed by atoms with Crippen molar-refractivity contribution in [3.63, 3.8) is 0 Å². The molecule has 0 radical (unpaired) electrons. The van der Waals surface area contributed by atoms with Crippen molar-refractivity contribution < 1.29 is 98.0 Å². The Kier molecular flexibility index (Phi) is 15.5. The Morgan fingerprint density at radius 3 is 1.30 bits per heavy atom. The minimum absolute atomic E-state index is 0.0484. The summed E-state index contributed by atoms with van der Waals surface area (Å²) in [4.78, 5) is 84.9. The lowest BCUT2D eigenvalue weighted by atomic mass is 9.72. The highest BCUT2D eigenvalue weighted by Gasteiger charge is 2.53. The van der Waals surface area contributed by atoms with Crippen LogP contribution in [0.5, 0.6) is 34.5 Å². The number of thioether (sulfide) groups is 2. The van der Waals surface area contributed by atoms with E-state index in [1.54, 1.807) is 13.8 Å². The molecule has 2 fully saturated rings. The van der Waals surface area contributed by atoms with Crippen LogP contribution in [0.25, 0.3) is 0 Å². The average molecular weight is 1150 g/mol. The molecule has 0 bridgehead atoms. The Balaban J connectivity index is 0.857. The molecule has 4 aromatic rings. The summed E-state index contributed by atoms with van der Waals surface area (Å²) in [6, 6.07) is 6.98. The molecule has 4 aliphatic carbocycles. The molecule has 80 heavy (non-hydrogen) atoms. The van der Waals surface area contributed by atoms with Crippen molar-refractivity contribution in [3.05, 3.63) is 103 Å². The van der Waals surface area contributed by atoms with Crippen molar-refractivity contribution in [1.29, 1.82) is 0 Å². The summed E-state index contributed by atoms with van der Waals surface area (Å²) in [6.07, 6.45) is -11.3. The number of aliphatic hydroxyl groups is 4. The van der Waals surface area contributed by atoms with Crippen LogP contribution in [0.15, 0.2) is 36.4 Å². The van der Waals surface area contributed by atoms with E-state index in [0.717, 1.165) is 23.5 Å². The first-order valence-corrected chi connectivity index (χ1v) is 28.2. The van der Waals surface area contributed by atoms with Gasteiger partial charge in [-0.15, -0.1) is 0 Å². The van der Waals surface area contributed by atoms with Gasteiger partial charge in [-0.05, 0) is 26.0 Å². The van der Waals surface area contributed by atoms with E-state index >= 15 is 0 Å². The van der Waals surface area contributed by atoms with Gasteiger partial charge in [0.1, 0.15) is 45.7 Å². The Bertz CT molecular complexity index is 3040. The van der Waals surface area contributed by atoms with E-state index in [9.17, 15) is 69.6 Å². The van der Waals surface area contributed by atoms with Crippen LogP contribution in [0.2, 0.25) is 0 Å². The quantitative estimate of drug-likeness (QED) is 0.0521. The number of methoxy groups -OCH3 is 2. The van der Waals surface area contributed by atoms with Crippen LogP contribution in [0, 0.1) is 0 Å². The lowest BCUT2D eigenvalue weighted by Gasteiger charge is -2.42. The highest BCUT2D eigenvalue weighted by Crippen LogP contribution is 2.55. The molecule has 426 valence electrons. The lowest BCUT2D eigenvalue weighted by molar-refractivity contribution is -0.247. The van der Waals surface area contributed by atoms with E-state index in [4.69, 9.17) is 39.9 Å². The van der Waals surface area contributed by atoms with Crippen LogP contribution < -0.4 is 20.9 Å². The van der Waals surface area contributed by atoms with E-state index in [2.05, 4.69) is 0 Å². The first-order chi connectivity index (χ1) is 37.9. The molecule has 24 heteroatoms. The van der Waals surface area contributed by atoms with Gasteiger partial charge in [0.2, 0.25) is 11.6 Å². The standard InChI is InChI=1S/C56H60N2O20S2/c1-21-45(61)27(57)13-35(75-21)77-31-17-55(71,15-25-39(31)53(69)43-41(49(25)65)47(63)23-7-5-9-29(73-3)37(23)51(43)67)33(59)19-79-11-12-80-20-34(60)56(72)16-26-40(32(18-56)78-36-14-28(58)46(62)22(2)76-36)54(70)44-42(50(26)66)48(64)24-8-6-10-30(74-4)38(24)52(44)68/h5-10,21-22,27-28,31-32,35-36,45-46,61-62,65-66,69-72H,11-20,57-58H2,1-4H3/t21?,22?,27?,28?,31-,32+,35?,36?,45?,46?,55-,56-/m0/s1. The number of phenolic OH excluding ortho intramolecular Hbond substituents is 4. The molecular weight excluding hydrogens is 1080 g/mol. The van der Waals surface area contributed by atoms with Crippen LogP contribution in [-0.2, 0) is 41.4 Å². The molecule has 6 aliphatic rings. The topological polar surface area (TPSA) is 372 Å². The number of phenols is 4. The predicted octanol–water partition coefficient (Wildman–Crippen LogP) is 2.50. The van der Waals surface area contributed by atoms with Crippen LogP contribution in [-0.4, -0.2) is 173 Å². The summed E-state index contributed by atoms with van der Waals surface area (Å²) < 4.78 is 35.1. The maximum Gasteiger partial charge on any atom is 0.202 e. The molecule has 2 saturated heterocycles. The number of nitrogens with two attached hydrogens (primary N) is 2. The number of rotatable bonds is 15. The zero-order chi connectivity index (χ0) is 57.6. The van der Waals surface area contributed by atoms with E-state index in [1.807, 2.05) is 0 Å². The van der Waals surface area contributed by atoms with Gasteiger partial charge in [-0.25, -0.2) is 0 Å². The van der Waals surface area contributed by atoms with Crippen LogP contribution >= 0.6 is 23.5 Å². The second kappa shape index (κ2) is 21.7. The van der Waals surface area contributed by atoms with Gasteiger partial charge in [-0.3, -0.25) is 28.8 Å². The summed E-state index contributed by atoms with van der Waals surface area (Å²) >= 11 is 2.17.